The maximum Gasteiger partial charge on any atom is 0.277 e. The molecule has 9 heteroatoms. The molecular weight excluding hydrogens is 332 g/mol. The van der Waals surface area contributed by atoms with Gasteiger partial charge in [0.05, 0.1) is 10.7 Å². The molecule has 1 heterocycles. The Hall–Kier alpha value is -2.42. The zero-order valence-electron chi connectivity index (χ0n) is 13.4. The summed E-state index contributed by atoms with van der Waals surface area (Å²) in [6, 6.07) is 6.11. The smallest absolute Gasteiger partial charge is 0.277 e. The summed E-state index contributed by atoms with van der Waals surface area (Å²) < 4.78 is 5.45. The van der Waals surface area contributed by atoms with Gasteiger partial charge in [0.25, 0.3) is 10.9 Å². The Morgan fingerprint density at radius 1 is 1.38 bits per heavy atom. The van der Waals surface area contributed by atoms with Crippen LogP contribution in [0.2, 0.25) is 0 Å². The van der Waals surface area contributed by atoms with Crippen molar-refractivity contribution in [1.29, 1.82) is 0 Å². The predicted molar refractivity (Wildman–Crippen MR) is 89.6 cm³/mol. The number of hydrogen-bond donors (Lipinski definition) is 1. The van der Waals surface area contributed by atoms with Crippen molar-refractivity contribution in [2.75, 3.05) is 5.75 Å². The van der Waals surface area contributed by atoms with Gasteiger partial charge in [-0.15, -0.1) is 10.2 Å². The van der Waals surface area contributed by atoms with Crippen molar-refractivity contribution in [1.82, 2.24) is 15.5 Å². The minimum atomic E-state index is -0.488. The molecule has 0 atom stereocenters. The Labute approximate surface area is 143 Å². The summed E-state index contributed by atoms with van der Waals surface area (Å²) in [6.07, 6.45) is 1.76. The van der Waals surface area contributed by atoms with Crippen LogP contribution in [-0.2, 0) is 4.79 Å². The number of aromatic nitrogens is 2. The fraction of sp³-hybridized carbons (Fsp3) is 0.400. The number of non-ortho nitro benzene ring substituents is 1. The number of carbonyl (C=O) groups excluding carboxylic acids is 1. The highest BCUT2D eigenvalue weighted by Gasteiger charge is 2.15. The largest absolute Gasteiger partial charge is 0.411 e. The molecule has 1 aromatic carbocycles. The van der Waals surface area contributed by atoms with Crippen LogP contribution in [-0.4, -0.2) is 32.8 Å². The van der Waals surface area contributed by atoms with Gasteiger partial charge in [-0.3, -0.25) is 14.9 Å². The van der Waals surface area contributed by atoms with Crippen LogP contribution < -0.4 is 5.32 Å². The van der Waals surface area contributed by atoms with Crippen LogP contribution in [0.3, 0.4) is 0 Å². The second-order valence-electron chi connectivity index (χ2n) is 5.05. The number of nitrogens with one attached hydrogen (secondary N) is 1. The average Bonchev–Trinajstić information content (AvgIpc) is 3.07. The summed E-state index contributed by atoms with van der Waals surface area (Å²) >= 11 is 1.13. The van der Waals surface area contributed by atoms with Gasteiger partial charge in [-0.2, -0.15) is 0 Å². The van der Waals surface area contributed by atoms with Gasteiger partial charge in [0.2, 0.25) is 11.8 Å². The second-order valence-corrected chi connectivity index (χ2v) is 5.98. The monoisotopic (exact) mass is 350 g/mol. The van der Waals surface area contributed by atoms with Crippen molar-refractivity contribution < 1.29 is 14.1 Å². The van der Waals surface area contributed by atoms with Crippen molar-refractivity contribution in [3.05, 3.63) is 34.4 Å². The summed E-state index contributed by atoms with van der Waals surface area (Å²) in [7, 11) is 0. The summed E-state index contributed by atoms with van der Waals surface area (Å²) in [6.45, 7) is 4.04. The first-order valence-corrected chi connectivity index (χ1v) is 8.52. The van der Waals surface area contributed by atoms with Gasteiger partial charge >= 0.3 is 0 Å². The summed E-state index contributed by atoms with van der Waals surface area (Å²) in [4.78, 5) is 22.2. The third-order valence-corrected chi connectivity index (χ3v) is 4.21. The lowest BCUT2D eigenvalue weighted by Crippen LogP contribution is -2.34. The van der Waals surface area contributed by atoms with Gasteiger partial charge in [-0.05, 0) is 18.9 Å². The van der Waals surface area contributed by atoms with Crippen molar-refractivity contribution in [3.63, 3.8) is 0 Å². The number of benzene rings is 1. The maximum absolute atomic E-state index is 11.8. The number of rotatable bonds is 8. The molecule has 0 aliphatic heterocycles. The Morgan fingerprint density at radius 2 is 2.12 bits per heavy atom. The zero-order chi connectivity index (χ0) is 17.5. The highest BCUT2D eigenvalue weighted by atomic mass is 32.2. The van der Waals surface area contributed by atoms with Gasteiger partial charge in [-0.1, -0.05) is 31.7 Å². The van der Waals surface area contributed by atoms with Crippen molar-refractivity contribution in [2.24, 2.45) is 0 Å². The van der Waals surface area contributed by atoms with E-state index >= 15 is 0 Å². The molecule has 1 N–H and O–H groups in total. The summed E-state index contributed by atoms with van der Waals surface area (Å²) in [5.41, 5.74) is 0.412. The predicted octanol–water partition coefficient (Wildman–Crippen LogP) is 3.04. The average molecular weight is 350 g/mol. The molecule has 0 bridgehead atoms. The molecule has 0 unspecified atom stereocenters. The van der Waals surface area contributed by atoms with E-state index in [2.05, 4.69) is 15.5 Å². The molecule has 2 aromatic rings. The van der Waals surface area contributed by atoms with Crippen LogP contribution in [0.1, 0.15) is 26.7 Å². The molecule has 0 aliphatic rings. The number of nitro benzene ring substituents is 1. The number of nitrogens with zero attached hydrogens (tertiary/aromatic N) is 3. The van der Waals surface area contributed by atoms with E-state index in [-0.39, 0.29) is 34.5 Å². The van der Waals surface area contributed by atoms with E-state index in [9.17, 15) is 14.9 Å². The third kappa shape index (κ3) is 4.79. The van der Waals surface area contributed by atoms with E-state index in [0.29, 0.717) is 5.56 Å². The van der Waals surface area contributed by atoms with E-state index in [4.69, 9.17) is 4.42 Å². The molecule has 8 nitrogen and oxygen atoms in total. The van der Waals surface area contributed by atoms with E-state index in [1.807, 2.05) is 13.8 Å². The normalized spacial score (nSPS) is 10.8. The van der Waals surface area contributed by atoms with Crippen LogP contribution in [0.5, 0.6) is 0 Å². The quantitative estimate of drug-likeness (QED) is 0.442. The number of thioether (sulfide) groups is 1. The Balaban J connectivity index is 1.97. The van der Waals surface area contributed by atoms with Crippen molar-refractivity contribution in [2.45, 2.75) is 38.0 Å². The van der Waals surface area contributed by atoms with Crippen molar-refractivity contribution in [3.8, 4) is 11.5 Å². The van der Waals surface area contributed by atoms with Crippen LogP contribution in [0.15, 0.2) is 33.9 Å². The molecule has 0 saturated heterocycles. The first-order chi connectivity index (χ1) is 11.5. The van der Waals surface area contributed by atoms with Crippen LogP contribution in [0.25, 0.3) is 11.5 Å². The lowest BCUT2D eigenvalue weighted by molar-refractivity contribution is -0.384. The van der Waals surface area contributed by atoms with Gasteiger partial charge in [0, 0.05) is 23.7 Å². The van der Waals surface area contributed by atoms with Crippen LogP contribution >= 0.6 is 11.8 Å². The first kappa shape index (κ1) is 17.9. The Kier molecular flexibility index (Phi) is 6.30. The molecule has 1 amide bonds. The first-order valence-electron chi connectivity index (χ1n) is 7.54. The summed E-state index contributed by atoms with van der Waals surface area (Å²) in [5, 5.41) is 21.7. The second kappa shape index (κ2) is 8.44. The molecule has 0 saturated carbocycles. The standard InChI is InChI=1S/C15H18N4O4S/c1-3-11(4-2)16-13(20)9-24-15-18-17-14(23-15)10-6-5-7-12(8-10)19(21)22/h5-8,11H,3-4,9H2,1-2H3,(H,16,20). The molecular formula is C15H18N4O4S. The maximum atomic E-state index is 11.8. The lowest BCUT2D eigenvalue weighted by atomic mass is 10.2. The SMILES string of the molecule is CCC(CC)NC(=O)CSc1nnc(-c2cccc([N+](=O)[O-])c2)o1. The number of nitro groups is 1. The van der Waals surface area contributed by atoms with Crippen LogP contribution in [0, 0.1) is 10.1 Å². The van der Waals surface area contributed by atoms with E-state index in [1.165, 1.54) is 12.1 Å². The molecule has 2 rings (SSSR count). The fourth-order valence-corrected chi connectivity index (χ4v) is 2.60. The summed E-state index contributed by atoms with van der Waals surface area (Å²) in [5.74, 6) is 0.262. The van der Waals surface area contributed by atoms with E-state index < -0.39 is 4.92 Å². The van der Waals surface area contributed by atoms with E-state index in [0.717, 1.165) is 24.6 Å². The van der Waals surface area contributed by atoms with Gasteiger partial charge in [0.1, 0.15) is 0 Å². The Bertz CT molecular complexity index is 715. The van der Waals surface area contributed by atoms with Crippen molar-refractivity contribution >= 4 is 23.4 Å². The molecule has 1 aromatic heterocycles. The lowest BCUT2D eigenvalue weighted by Gasteiger charge is -2.13. The molecule has 24 heavy (non-hydrogen) atoms. The topological polar surface area (TPSA) is 111 Å². The molecule has 0 aliphatic carbocycles. The number of hydrogen-bond acceptors (Lipinski definition) is 7. The highest BCUT2D eigenvalue weighted by molar-refractivity contribution is 7.99. The Morgan fingerprint density at radius 3 is 2.79 bits per heavy atom. The number of amides is 1. The van der Waals surface area contributed by atoms with Gasteiger partial charge in [0.15, 0.2) is 0 Å². The van der Waals surface area contributed by atoms with Gasteiger partial charge < -0.3 is 9.73 Å². The number of carbonyl (C=O) groups is 1. The third-order valence-electron chi connectivity index (χ3n) is 3.39. The minimum Gasteiger partial charge on any atom is -0.411 e. The molecule has 128 valence electrons. The highest BCUT2D eigenvalue weighted by Crippen LogP contribution is 2.25. The molecule has 0 radical (unpaired) electrons. The van der Waals surface area contributed by atoms with Gasteiger partial charge in [-0.25, -0.2) is 0 Å². The zero-order valence-corrected chi connectivity index (χ0v) is 14.2. The van der Waals surface area contributed by atoms with E-state index in [1.54, 1.807) is 12.1 Å². The fourth-order valence-electron chi connectivity index (χ4n) is 2.03. The molecule has 0 spiro atoms. The van der Waals surface area contributed by atoms with Crippen LogP contribution in [0.4, 0.5) is 5.69 Å². The minimum absolute atomic E-state index is 0.0514. The molecule has 0 fully saturated rings.